The van der Waals surface area contributed by atoms with Gasteiger partial charge in [0.05, 0.1) is 12.5 Å². The van der Waals surface area contributed by atoms with Gasteiger partial charge in [-0.1, -0.05) is 35.0 Å². The van der Waals surface area contributed by atoms with Crippen molar-refractivity contribution in [2.75, 3.05) is 6.54 Å². The van der Waals surface area contributed by atoms with Crippen molar-refractivity contribution in [2.45, 2.75) is 19.4 Å². The topological polar surface area (TPSA) is 25.2 Å². The normalized spacial score (nSPS) is 12.6. The van der Waals surface area contributed by atoms with Crippen molar-refractivity contribution >= 4 is 15.9 Å². The summed E-state index contributed by atoms with van der Waals surface area (Å²) < 4.78 is 6.22. The molecule has 0 saturated carbocycles. The molecule has 1 atom stereocenters. The maximum Gasteiger partial charge on any atom is 0.0935 e. The minimum atomic E-state index is 0.339. The summed E-state index contributed by atoms with van der Waals surface area (Å²) >= 11 is 3.46. The summed E-state index contributed by atoms with van der Waals surface area (Å²) in [6.45, 7) is 3.08. The molecule has 3 heteroatoms. The van der Waals surface area contributed by atoms with Gasteiger partial charge in [-0.15, -0.1) is 0 Å². The molecule has 1 unspecified atom stereocenters. The summed E-state index contributed by atoms with van der Waals surface area (Å²) in [6, 6.07) is 10.8. The zero-order chi connectivity index (χ0) is 12.1. The van der Waals surface area contributed by atoms with E-state index in [0.717, 1.165) is 17.4 Å². The van der Waals surface area contributed by atoms with E-state index in [2.05, 4.69) is 52.4 Å². The van der Waals surface area contributed by atoms with Crippen molar-refractivity contribution in [3.63, 3.8) is 0 Å². The molecule has 0 amide bonds. The Balaban J connectivity index is 2.13. The summed E-state index contributed by atoms with van der Waals surface area (Å²) in [4.78, 5) is 0. The predicted octanol–water partition coefficient (Wildman–Crippen LogP) is 3.94. The smallest absolute Gasteiger partial charge is 0.0935 e. The molecule has 90 valence electrons. The molecular weight excluding hydrogens is 278 g/mol. The van der Waals surface area contributed by atoms with E-state index in [9.17, 15) is 0 Å². The molecule has 0 fully saturated rings. The molecule has 0 saturated heterocycles. The van der Waals surface area contributed by atoms with Crippen LogP contribution in [0.4, 0.5) is 0 Å². The van der Waals surface area contributed by atoms with Gasteiger partial charge < -0.3 is 9.73 Å². The average Bonchev–Trinajstić information content (AvgIpc) is 2.82. The van der Waals surface area contributed by atoms with Gasteiger partial charge in [-0.3, -0.25) is 0 Å². The quantitative estimate of drug-likeness (QED) is 0.903. The molecule has 1 N–H and O–H groups in total. The van der Waals surface area contributed by atoms with Gasteiger partial charge in [0, 0.05) is 10.5 Å². The standard InChI is InChI=1S/C14H16BrNO/c1-2-16-14(9-11-7-8-17-10-11)12-3-5-13(15)6-4-12/h3-8,10,14,16H,2,9H2,1H3. The second kappa shape index (κ2) is 6.03. The lowest BCUT2D eigenvalue weighted by atomic mass is 10.0. The monoisotopic (exact) mass is 293 g/mol. The number of rotatable bonds is 5. The molecule has 0 aliphatic heterocycles. The third kappa shape index (κ3) is 3.45. The minimum Gasteiger partial charge on any atom is -0.472 e. The van der Waals surface area contributed by atoms with Crippen LogP contribution in [-0.2, 0) is 6.42 Å². The molecule has 0 spiro atoms. The molecule has 1 aromatic heterocycles. The van der Waals surface area contributed by atoms with Gasteiger partial charge in [-0.05, 0) is 42.3 Å². The lowest BCUT2D eigenvalue weighted by Gasteiger charge is -2.17. The van der Waals surface area contributed by atoms with Crippen molar-refractivity contribution in [1.29, 1.82) is 0 Å². The van der Waals surface area contributed by atoms with Crippen LogP contribution in [0.15, 0.2) is 51.7 Å². The first kappa shape index (κ1) is 12.4. The zero-order valence-electron chi connectivity index (χ0n) is 9.82. The summed E-state index contributed by atoms with van der Waals surface area (Å²) in [6.07, 6.45) is 4.48. The Morgan fingerprint density at radius 1 is 1.24 bits per heavy atom. The van der Waals surface area contributed by atoms with Crippen molar-refractivity contribution in [1.82, 2.24) is 5.32 Å². The predicted molar refractivity (Wildman–Crippen MR) is 73.0 cm³/mol. The van der Waals surface area contributed by atoms with E-state index < -0.39 is 0 Å². The lowest BCUT2D eigenvalue weighted by Crippen LogP contribution is -2.22. The van der Waals surface area contributed by atoms with Crippen LogP contribution in [-0.4, -0.2) is 6.54 Å². The van der Waals surface area contributed by atoms with Gasteiger partial charge in [0.15, 0.2) is 0 Å². The maximum absolute atomic E-state index is 5.11. The second-order valence-corrected chi connectivity index (χ2v) is 4.91. The molecule has 1 heterocycles. The van der Waals surface area contributed by atoms with E-state index in [-0.39, 0.29) is 0 Å². The first-order valence-electron chi connectivity index (χ1n) is 5.79. The van der Waals surface area contributed by atoms with Crippen LogP contribution in [0.1, 0.15) is 24.1 Å². The van der Waals surface area contributed by atoms with Gasteiger partial charge in [-0.2, -0.15) is 0 Å². The highest BCUT2D eigenvalue weighted by molar-refractivity contribution is 9.10. The van der Waals surface area contributed by atoms with E-state index in [4.69, 9.17) is 4.42 Å². The van der Waals surface area contributed by atoms with Crippen LogP contribution < -0.4 is 5.32 Å². The van der Waals surface area contributed by atoms with E-state index in [0.29, 0.717) is 6.04 Å². The number of hydrogen-bond donors (Lipinski definition) is 1. The second-order valence-electron chi connectivity index (χ2n) is 4.00. The van der Waals surface area contributed by atoms with Crippen molar-refractivity contribution in [3.05, 3.63) is 58.5 Å². The fourth-order valence-corrected chi connectivity index (χ4v) is 2.16. The SMILES string of the molecule is CCNC(Cc1ccoc1)c1ccc(Br)cc1. The Morgan fingerprint density at radius 2 is 2.00 bits per heavy atom. The molecule has 1 aromatic carbocycles. The Kier molecular flexibility index (Phi) is 4.40. The Morgan fingerprint density at radius 3 is 2.59 bits per heavy atom. The first-order chi connectivity index (χ1) is 8.29. The largest absolute Gasteiger partial charge is 0.472 e. The van der Waals surface area contributed by atoms with Gasteiger partial charge in [0.25, 0.3) is 0 Å². The maximum atomic E-state index is 5.11. The fraction of sp³-hybridized carbons (Fsp3) is 0.286. The molecule has 0 aliphatic carbocycles. The van der Waals surface area contributed by atoms with Crippen LogP contribution >= 0.6 is 15.9 Å². The third-order valence-electron chi connectivity index (χ3n) is 2.74. The average molecular weight is 294 g/mol. The van der Waals surface area contributed by atoms with E-state index in [1.807, 2.05) is 12.3 Å². The zero-order valence-corrected chi connectivity index (χ0v) is 11.4. The number of halogens is 1. The molecule has 0 bridgehead atoms. The molecule has 17 heavy (non-hydrogen) atoms. The summed E-state index contributed by atoms with van der Waals surface area (Å²) in [5.74, 6) is 0. The summed E-state index contributed by atoms with van der Waals surface area (Å²) in [5.41, 5.74) is 2.52. The number of hydrogen-bond acceptors (Lipinski definition) is 2. The highest BCUT2D eigenvalue weighted by atomic mass is 79.9. The van der Waals surface area contributed by atoms with Gasteiger partial charge in [-0.25, -0.2) is 0 Å². The molecule has 0 radical (unpaired) electrons. The summed E-state index contributed by atoms with van der Waals surface area (Å²) in [7, 11) is 0. The molecule has 0 aliphatic rings. The van der Waals surface area contributed by atoms with E-state index in [1.165, 1.54) is 11.1 Å². The Hall–Kier alpha value is -1.06. The van der Waals surface area contributed by atoms with Crippen LogP contribution in [0.5, 0.6) is 0 Å². The highest BCUT2D eigenvalue weighted by Gasteiger charge is 2.11. The molecule has 2 nitrogen and oxygen atoms in total. The van der Waals surface area contributed by atoms with Crippen molar-refractivity contribution in [3.8, 4) is 0 Å². The van der Waals surface area contributed by atoms with Gasteiger partial charge >= 0.3 is 0 Å². The number of nitrogens with one attached hydrogen (secondary N) is 1. The Labute approximate surface area is 110 Å². The number of benzene rings is 1. The van der Waals surface area contributed by atoms with Gasteiger partial charge in [0.1, 0.15) is 0 Å². The summed E-state index contributed by atoms with van der Waals surface area (Å²) in [5, 5.41) is 3.50. The van der Waals surface area contributed by atoms with Crippen LogP contribution in [0.2, 0.25) is 0 Å². The van der Waals surface area contributed by atoms with Crippen LogP contribution in [0, 0.1) is 0 Å². The van der Waals surface area contributed by atoms with E-state index in [1.54, 1.807) is 6.26 Å². The molecular formula is C14H16BrNO. The van der Waals surface area contributed by atoms with Crippen molar-refractivity contribution in [2.24, 2.45) is 0 Å². The van der Waals surface area contributed by atoms with Gasteiger partial charge in [0.2, 0.25) is 0 Å². The van der Waals surface area contributed by atoms with Crippen LogP contribution in [0.25, 0.3) is 0 Å². The fourth-order valence-electron chi connectivity index (χ4n) is 1.89. The third-order valence-corrected chi connectivity index (χ3v) is 3.27. The Bertz CT molecular complexity index is 436. The first-order valence-corrected chi connectivity index (χ1v) is 6.59. The molecule has 2 rings (SSSR count). The van der Waals surface area contributed by atoms with Crippen LogP contribution in [0.3, 0.4) is 0 Å². The molecule has 2 aromatic rings. The highest BCUT2D eigenvalue weighted by Crippen LogP contribution is 2.20. The number of likely N-dealkylation sites (N-methyl/N-ethyl adjacent to an activating group) is 1. The number of furan rings is 1. The van der Waals surface area contributed by atoms with Crippen molar-refractivity contribution < 1.29 is 4.42 Å². The lowest BCUT2D eigenvalue weighted by molar-refractivity contribution is 0.535. The van der Waals surface area contributed by atoms with E-state index >= 15 is 0 Å². The minimum absolute atomic E-state index is 0.339.